The number of carbonyl (C=O) groups excluding carboxylic acids is 1. The largest absolute Gasteiger partial charge is 0.335 e. The van der Waals surface area contributed by atoms with Crippen LogP contribution in [0.1, 0.15) is 91.7 Å². The lowest BCUT2D eigenvalue weighted by atomic mass is 9.84. The number of nitrogens with zero attached hydrogens (tertiary/aromatic N) is 1. The fraction of sp³-hybridized carbons (Fsp3) is 0.536. The summed E-state index contributed by atoms with van der Waals surface area (Å²) in [6.07, 6.45) is 10.8. The van der Waals surface area contributed by atoms with Crippen molar-refractivity contribution in [3.8, 4) is 0 Å². The van der Waals surface area contributed by atoms with Gasteiger partial charge in [0, 0.05) is 18.1 Å². The van der Waals surface area contributed by atoms with Gasteiger partial charge >= 0.3 is 6.03 Å². The maximum atomic E-state index is 12.6. The number of urea groups is 1. The van der Waals surface area contributed by atoms with Gasteiger partial charge in [-0.25, -0.2) is 4.79 Å². The molecule has 2 aromatic carbocycles. The predicted molar refractivity (Wildman–Crippen MR) is 127 cm³/mol. The van der Waals surface area contributed by atoms with Crippen molar-refractivity contribution in [1.29, 1.82) is 0 Å². The van der Waals surface area contributed by atoms with Gasteiger partial charge in [-0.05, 0) is 92.5 Å². The standard InChI is InChI=1S/C28H35N3O/c32-28(30-25-14-11-20-5-1-2-6-22(20)25)29-21-12-9-19(10-13-21)17-18-31-26-15-16-27(31)24-8-4-3-7-23(24)26/h1-8,19,21,25-27H,9-18H2,(H2,29,30,32). The zero-order valence-corrected chi connectivity index (χ0v) is 18.9. The first-order valence-electron chi connectivity index (χ1n) is 12.8. The molecule has 168 valence electrons. The summed E-state index contributed by atoms with van der Waals surface area (Å²) in [5.74, 6) is 0.806. The van der Waals surface area contributed by atoms with Gasteiger partial charge < -0.3 is 10.6 Å². The number of amides is 2. The van der Waals surface area contributed by atoms with Crippen LogP contribution < -0.4 is 10.6 Å². The lowest BCUT2D eigenvalue weighted by Gasteiger charge is -2.31. The minimum absolute atomic E-state index is 0.0153. The molecule has 4 aliphatic rings. The molecule has 1 saturated carbocycles. The first kappa shape index (κ1) is 20.3. The number of aryl methyl sites for hydroxylation is 1. The van der Waals surface area contributed by atoms with Crippen molar-refractivity contribution in [3.63, 3.8) is 0 Å². The van der Waals surface area contributed by atoms with Crippen molar-refractivity contribution in [2.24, 2.45) is 5.92 Å². The molecule has 0 aromatic heterocycles. The van der Waals surface area contributed by atoms with Crippen LogP contribution in [-0.4, -0.2) is 23.5 Å². The second-order valence-electron chi connectivity index (χ2n) is 10.4. The van der Waals surface area contributed by atoms with Crippen molar-refractivity contribution in [3.05, 3.63) is 70.8 Å². The van der Waals surface area contributed by atoms with Crippen LogP contribution in [-0.2, 0) is 6.42 Å². The molecule has 4 nitrogen and oxygen atoms in total. The molecular formula is C28H35N3O. The van der Waals surface area contributed by atoms with E-state index in [2.05, 4.69) is 64.1 Å². The molecule has 2 aliphatic carbocycles. The molecule has 2 amide bonds. The summed E-state index contributed by atoms with van der Waals surface area (Å²) in [4.78, 5) is 15.4. The molecule has 2 N–H and O–H groups in total. The lowest BCUT2D eigenvalue weighted by molar-refractivity contribution is 0.185. The lowest BCUT2D eigenvalue weighted by Crippen LogP contribution is -2.44. The summed E-state index contributed by atoms with van der Waals surface area (Å²) in [6.45, 7) is 1.23. The fourth-order valence-corrected chi connectivity index (χ4v) is 6.98. The summed E-state index contributed by atoms with van der Waals surface area (Å²) < 4.78 is 0. The van der Waals surface area contributed by atoms with E-state index in [1.165, 1.54) is 49.8 Å². The van der Waals surface area contributed by atoms with Gasteiger partial charge in [0.05, 0.1) is 6.04 Å². The molecule has 2 bridgehead atoms. The highest BCUT2D eigenvalue weighted by atomic mass is 16.2. The fourth-order valence-electron chi connectivity index (χ4n) is 6.98. The van der Waals surface area contributed by atoms with Crippen LogP contribution in [0.3, 0.4) is 0 Å². The average Bonchev–Trinajstić information content (AvgIpc) is 3.51. The smallest absolute Gasteiger partial charge is 0.315 e. The third kappa shape index (κ3) is 3.73. The molecule has 1 saturated heterocycles. The van der Waals surface area contributed by atoms with Gasteiger partial charge in [0.1, 0.15) is 0 Å². The zero-order valence-electron chi connectivity index (χ0n) is 18.9. The van der Waals surface area contributed by atoms with Gasteiger partial charge in [0.25, 0.3) is 0 Å². The van der Waals surface area contributed by atoms with Crippen LogP contribution in [0.4, 0.5) is 4.79 Å². The Labute approximate surface area is 191 Å². The van der Waals surface area contributed by atoms with E-state index in [0.717, 1.165) is 31.6 Å². The molecule has 32 heavy (non-hydrogen) atoms. The number of hydrogen-bond donors (Lipinski definition) is 2. The van der Waals surface area contributed by atoms with Crippen molar-refractivity contribution in [2.75, 3.05) is 6.54 Å². The van der Waals surface area contributed by atoms with E-state index >= 15 is 0 Å². The van der Waals surface area contributed by atoms with Crippen LogP contribution in [0.15, 0.2) is 48.5 Å². The van der Waals surface area contributed by atoms with Gasteiger partial charge in [-0.1, -0.05) is 48.5 Å². The Hall–Kier alpha value is -2.33. The van der Waals surface area contributed by atoms with Crippen LogP contribution in [0.2, 0.25) is 0 Å². The van der Waals surface area contributed by atoms with Gasteiger partial charge in [-0.2, -0.15) is 0 Å². The molecule has 2 aromatic rings. The SMILES string of the molecule is O=C(NC1CCC(CCN2C3CCC2c2ccccc23)CC1)NC1CCc2ccccc21. The minimum Gasteiger partial charge on any atom is -0.335 e. The van der Waals surface area contributed by atoms with Crippen molar-refractivity contribution >= 4 is 6.03 Å². The summed E-state index contributed by atoms with van der Waals surface area (Å²) >= 11 is 0. The zero-order chi connectivity index (χ0) is 21.5. The topological polar surface area (TPSA) is 44.4 Å². The third-order valence-corrected chi connectivity index (χ3v) is 8.64. The van der Waals surface area contributed by atoms with E-state index < -0.39 is 0 Å². The second-order valence-corrected chi connectivity index (χ2v) is 10.4. The maximum Gasteiger partial charge on any atom is 0.315 e. The Bertz CT molecular complexity index is 949. The van der Waals surface area contributed by atoms with E-state index in [0.29, 0.717) is 18.1 Å². The molecule has 2 fully saturated rings. The monoisotopic (exact) mass is 429 g/mol. The van der Waals surface area contributed by atoms with Crippen molar-refractivity contribution in [2.45, 2.75) is 82.0 Å². The number of hydrogen-bond acceptors (Lipinski definition) is 2. The van der Waals surface area contributed by atoms with E-state index in [1.807, 2.05) is 0 Å². The number of fused-ring (bicyclic) bond motifs is 6. The Morgan fingerprint density at radius 3 is 2.16 bits per heavy atom. The Morgan fingerprint density at radius 2 is 1.44 bits per heavy atom. The van der Waals surface area contributed by atoms with Crippen LogP contribution in [0, 0.1) is 5.92 Å². The third-order valence-electron chi connectivity index (χ3n) is 8.64. The minimum atomic E-state index is 0.0153. The molecule has 3 unspecified atom stereocenters. The van der Waals surface area contributed by atoms with E-state index in [4.69, 9.17) is 0 Å². The molecule has 0 radical (unpaired) electrons. The quantitative estimate of drug-likeness (QED) is 0.630. The summed E-state index contributed by atoms with van der Waals surface area (Å²) in [6, 6.07) is 19.4. The summed E-state index contributed by atoms with van der Waals surface area (Å²) in [5, 5.41) is 6.49. The molecule has 2 heterocycles. The van der Waals surface area contributed by atoms with Crippen LogP contribution >= 0.6 is 0 Å². The predicted octanol–water partition coefficient (Wildman–Crippen LogP) is 5.81. The summed E-state index contributed by atoms with van der Waals surface area (Å²) in [5.41, 5.74) is 5.86. The molecule has 6 rings (SSSR count). The van der Waals surface area contributed by atoms with Crippen LogP contribution in [0.25, 0.3) is 0 Å². The van der Waals surface area contributed by atoms with Gasteiger partial charge in [0.2, 0.25) is 0 Å². The number of benzene rings is 2. The second kappa shape index (κ2) is 8.55. The van der Waals surface area contributed by atoms with Gasteiger partial charge in [-0.15, -0.1) is 0 Å². The number of carbonyl (C=O) groups is 1. The Morgan fingerprint density at radius 1 is 0.781 bits per heavy atom. The highest BCUT2D eigenvalue weighted by Crippen LogP contribution is 2.53. The molecule has 4 heteroatoms. The van der Waals surface area contributed by atoms with Crippen LogP contribution in [0.5, 0.6) is 0 Å². The Balaban J connectivity index is 0.951. The molecule has 3 atom stereocenters. The van der Waals surface area contributed by atoms with E-state index in [1.54, 1.807) is 11.1 Å². The van der Waals surface area contributed by atoms with Gasteiger partial charge in [0.15, 0.2) is 0 Å². The van der Waals surface area contributed by atoms with Gasteiger partial charge in [-0.3, -0.25) is 4.90 Å². The number of nitrogens with one attached hydrogen (secondary N) is 2. The summed E-state index contributed by atoms with van der Waals surface area (Å²) in [7, 11) is 0. The molecule has 2 aliphatic heterocycles. The molecular weight excluding hydrogens is 394 g/mol. The normalized spacial score (nSPS) is 30.7. The van der Waals surface area contributed by atoms with E-state index in [9.17, 15) is 4.79 Å². The highest BCUT2D eigenvalue weighted by Gasteiger charge is 2.43. The Kier molecular flexibility index (Phi) is 5.42. The number of rotatable bonds is 5. The maximum absolute atomic E-state index is 12.6. The van der Waals surface area contributed by atoms with Crippen molar-refractivity contribution in [1.82, 2.24) is 15.5 Å². The highest BCUT2D eigenvalue weighted by molar-refractivity contribution is 5.75. The first-order valence-corrected chi connectivity index (χ1v) is 12.8. The first-order chi connectivity index (χ1) is 15.8. The average molecular weight is 430 g/mol. The van der Waals surface area contributed by atoms with E-state index in [-0.39, 0.29) is 12.1 Å². The molecule has 0 spiro atoms. The van der Waals surface area contributed by atoms with Crippen molar-refractivity contribution < 1.29 is 4.79 Å².